The molecule has 0 aliphatic rings. The molecule has 0 amide bonds. The van der Waals surface area contributed by atoms with Gasteiger partial charge in [-0.05, 0) is 49.1 Å². The number of hydrogen-bond acceptors (Lipinski definition) is 1. The number of aryl methyl sites for hydroxylation is 2. The monoisotopic (exact) mass is 298 g/mol. The van der Waals surface area contributed by atoms with Crippen molar-refractivity contribution in [3.63, 3.8) is 0 Å². The lowest BCUT2D eigenvalue weighted by atomic mass is 10.1. The predicted octanol–water partition coefficient (Wildman–Crippen LogP) is 4.60. The lowest BCUT2D eigenvalue weighted by Gasteiger charge is -2.08. The van der Waals surface area contributed by atoms with Crippen LogP contribution in [-0.4, -0.2) is 12.5 Å². The van der Waals surface area contributed by atoms with E-state index in [9.17, 15) is 0 Å². The van der Waals surface area contributed by atoms with E-state index in [4.69, 9.17) is 16.3 Å². The van der Waals surface area contributed by atoms with Gasteiger partial charge in [0.15, 0.2) is 0 Å². The van der Waals surface area contributed by atoms with E-state index >= 15 is 0 Å². The highest BCUT2D eigenvalue weighted by molar-refractivity contribution is 6.19. The molecule has 0 heterocycles. The van der Waals surface area contributed by atoms with Gasteiger partial charge < -0.3 is 4.74 Å². The first kappa shape index (κ1) is 15.5. The summed E-state index contributed by atoms with van der Waals surface area (Å²) in [6.45, 7) is 2.76. The van der Waals surface area contributed by atoms with E-state index in [2.05, 4.69) is 36.1 Å². The molecule has 0 N–H and O–H groups in total. The number of alkyl halides is 1. The predicted molar refractivity (Wildman–Crippen MR) is 89.0 cm³/mol. The van der Waals surface area contributed by atoms with Crippen LogP contribution in [0.15, 0.2) is 48.5 Å². The Labute approximate surface area is 131 Å². The van der Waals surface area contributed by atoms with Crippen LogP contribution in [0.5, 0.6) is 5.75 Å². The average molecular weight is 299 g/mol. The lowest BCUT2D eigenvalue weighted by molar-refractivity contribution is 0.311. The van der Waals surface area contributed by atoms with Crippen LogP contribution < -0.4 is 4.74 Å². The molecule has 0 saturated heterocycles. The molecule has 0 fully saturated rings. The number of hydrogen-bond donors (Lipinski definition) is 0. The first-order valence-electron chi connectivity index (χ1n) is 7.12. The van der Waals surface area contributed by atoms with Crippen molar-refractivity contribution < 1.29 is 4.74 Å². The van der Waals surface area contributed by atoms with E-state index in [1.54, 1.807) is 0 Å². The summed E-state index contributed by atoms with van der Waals surface area (Å²) >= 11 is 5.57. The normalized spacial score (nSPS) is 9.81. The van der Waals surface area contributed by atoms with Gasteiger partial charge in [0.1, 0.15) is 5.75 Å². The minimum Gasteiger partial charge on any atom is -0.494 e. The standard InChI is InChI=1S/C19H19ClO/c1-16-15-19(12-11-18(16)10-5-13-20)21-14-6-9-17-7-3-2-4-8-17/h2-4,7-8,11-12,15H,6,9,13-14H2,1H3. The molecule has 0 aliphatic carbocycles. The van der Waals surface area contributed by atoms with Crippen LogP contribution in [-0.2, 0) is 6.42 Å². The third-order valence-corrected chi connectivity index (χ3v) is 3.34. The summed E-state index contributed by atoms with van der Waals surface area (Å²) in [7, 11) is 0. The van der Waals surface area contributed by atoms with E-state index in [0.717, 1.165) is 36.3 Å². The van der Waals surface area contributed by atoms with Crippen LogP contribution in [0.1, 0.15) is 23.1 Å². The van der Waals surface area contributed by atoms with Crippen LogP contribution in [0.3, 0.4) is 0 Å². The molecular weight excluding hydrogens is 280 g/mol. The van der Waals surface area contributed by atoms with Gasteiger partial charge in [0, 0.05) is 5.56 Å². The molecule has 2 aromatic carbocycles. The molecule has 0 radical (unpaired) electrons. The molecular formula is C19H19ClO. The molecule has 0 spiro atoms. The highest BCUT2D eigenvalue weighted by atomic mass is 35.5. The number of halogens is 1. The highest BCUT2D eigenvalue weighted by Crippen LogP contribution is 2.17. The SMILES string of the molecule is Cc1cc(OCCCc2ccccc2)ccc1C#CCCl. The number of rotatable bonds is 5. The summed E-state index contributed by atoms with van der Waals surface area (Å²) in [6.07, 6.45) is 2.05. The Kier molecular flexibility index (Phi) is 6.19. The third-order valence-electron chi connectivity index (χ3n) is 3.21. The Morgan fingerprint density at radius 3 is 2.62 bits per heavy atom. The topological polar surface area (TPSA) is 9.23 Å². The van der Waals surface area contributed by atoms with Gasteiger partial charge in [-0.1, -0.05) is 42.2 Å². The van der Waals surface area contributed by atoms with Crippen molar-refractivity contribution in [2.75, 3.05) is 12.5 Å². The van der Waals surface area contributed by atoms with E-state index in [1.165, 1.54) is 5.56 Å². The molecule has 0 aliphatic heterocycles. The molecule has 0 aromatic heterocycles. The summed E-state index contributed by atoms with van der Waals surface area (Å²) in [4.78, 5) is 0. The maximum Gasteiger partial charge on any atom is 0.119 e. The van der Waals surface area contributed by atoms with E-state index in [-0.39, 0.29) is 0 Å². The first-order chi connectivity index (χ1) is 10.3. The molecule has 1 nitrogen and oxygen atoms in total. The van der Waals surface area contributed by atoms with Crippen molar-refractivity contribution in [3.8, 4) is 17.6 Å². The number of ether oxygens (including phenoxy) is 1. The van der Waals surface area contributed by atoms with Gasteiger partial charge in [-0.2, -0.15) is 0 Å². The quantitative estimate of drug-likeness (QED) is 0.445. The van der Waals surface area contributed by atoms with Crippen LogP contribution in [0.2, 0.25) is 0 Å². The zero-order valence-electron chi connectivity index (χ0n) is 12.2. The Bertz CT molecular complexity index is 623. The fraction of sp³-hybridized carbons (Fsp3) is 0.263. The molecule has 0 unspecified atom stereocenters. The highest BCUT2D eigenvalue weighted by Gasteiger charge is 1.99. The van der Waals surface area contributed by atoms with E-state index in [0.29, 0.717) is 5.88 Å². The molecule has 2 heteroatoms. The van der Waals surface area contributed by atoms with Crippen LogP contribution in [0, 0.1) is 18.8 Å². The van der Waals surface area contributed by atoms with Gasteiger partial charge in [0.2, 0.25) is 0 Å². The zero-order valence-corrected chi connectivity index (χ0v) is 13.0. The van der Waals surface area contributed by atoms with Crippen molar-refractivity contribution in [3.05, 3.63) is 65.2 Å². The van der Waals surface area contributed by atoms with Gasteiger partial charge in [0.25, 0.3) is 0 Å². The second-order valence-corrected chi connectivity index (χ2v) is 5.12. The van der Waals surface area contributed by atoms with Gasteiger partial charge in [0.05, 0.1) is 12.5 Å². The molecule has 2 aromatic rings. The maximum atomic E-state index is 5.79. The van der Waals surface area contributed by atoms with E-state index in [1.807, 2.05) is 31.2 Å². The van der Waals surface area contributed by atoms with Crippen molar-refractivity contribution in [1.29, 1.82) is 0 Å². The third kappa shape index (κ3) is 5.17. The van der Waals surface area contributed by atoms with Gasteiger partial charge in [-0.3, -0.25) is 0 Å². The lowest BCUT2D eigenvalue weighted by Crippen LogP contribution is -2.00. The fourth-order valence-corrected chi connectivity index (χ4v) is 2.17. The van der Waals surface area contributed by atoms with Gasteiger partial charge in [-0.15, -0.1) is 11.6 Å². The Morgan fingerprint density at radius 2 is 1.90 bits per heavy atom. The van der Waals surface area contributed by atoms with Gasteiger partial charge >= 0.3 is 0 Å². The molecule has 108 valence electrons. The van der Waals surface area contributed by atoms with Crippen LogP contribution >= 0.6 is 11.6 Å². The fourth-order valence-electron chi connectivity index (χ4n) is 2.11. The average Bonchev–Trinajstić information content (AvgIpc) is 2.52. The zero-order chi connectivity index (χ0) is 14.9. The largest absolute Gasteiger partial charge is 0.494 e. The first-order valence-corrected chi connectivity index (χ1v) is 7.65. The summed E-state index contributed by atoms with van der Waals surface area (Å²) in [5, 5.41) is 0. The van der Waals surface area contributed by atoms with Crippen molar-refractivity contribution in [2.24, 2.45) is 0 Å². The van der Waals surface area contributed by atoms with Gasteiger partial charge in [-0.25, -0.2) is 0 Å². The smallest absolute Gasteiger partial charge is 0.119 e. The minimum atomic E-state index is 0.358. The summed E-state index contributed by atoms with van der Waals surface area (Å²) < 4.78 is 5.79. The van der Waals surface area contributed by atoms with Crippen molar-refractivity contribution in [1.82, 2.24) is 0 Å². The van der Waals surface area contributed by atoms with Crippen LogP contribution in [0.4, 0.5) is 0 Å². The summed E-state index contributed by atoms with van der Waals surface area (Å²) in [6, 6.07) is 16.5. The number of benzene rings is 2. The second-order valence-electron chi connectivity index (χ2n) is 4.85. The molecule has 21 heavy (non-hydrogen) atoms. The van der Waals surface area contributed by atoms with Crippen LogP contribution in [0.25, 0.3) is 0 Å². The minimum absolute atomic E-state index is 0.358. The molecule has 0 atom stereocenters. The Hall–Kier alpha value is -1.91. The molecule has 0 saturated carbocycles. The Morgan fingerprint density at radius 1 is 1.10 bits per heavy atom. The van der Waals surface area contributed by atoms with Crippen molar-refractivity contribution in [2.45, 2.75) is 19.8 Å². The summed E-state index contributed by atoms with van der Waals surface area (Å²) in [5.74, 6) is 7.17. The summed E-state index contributed by atoms with van der Waals surface area (Å²) in [5.41, 5.74) is 3.48. The second kappa shape index (κ2) is 8.39. The van der Waals surface area contributed by atoms with Crippen molar-refractivity contribution >= 4 is 11.6 Å². The Balaban J connectivity index is 1.82. The maximum absolute atomic E-state index is 5.79. The molecule has 2 rings (SSSR count). The van der Waals surface area contributed by atoms with E-state index < -0.39 is 0 Å². The molecule has 0 bridgehead atoms.